The Kier molecular flexibility index (Phi) is 4.09. The molecule has 1 unspecified atom stereocenters. The molecular weight excluding hydrogens is 136 g/mol. The molecule has 1 atom stereocenters. The van der Waals surface area contributed by atoms with Crippen molar-refractivity contribution in [1.82, 2.24) is 0 Å². The van der Waals surface area contributed by atoms with Gasteiger partial charge in [0.2, 0.25) is 0 Å². The summed E-state index contributed by atoms with van der Waals surface area (Å²) in [5.74, 6) is 0.604. The molecule has 0 spiro atoms. The van der Waals surface area contributed by atoms with E-state index in [4.69, 9.17) is 0 Å². The van der Waals surface area contributed by atoms with Gasteiger partial charge in [0.05, 0.1) is 6.10 Å². The molecule has 0 bridgehead atoms. The molecule has 0 aliphatic carbocycles. The van der Waals surface area contributed by atoms with Crippen molar-refractivity contribution in [2.24, 2.45) is 11.3 Å². The van der Waals surface area contributed by atoms with Crippen LogP contribution in [0.2, 0.25) is 0 Å². The summed E-state index contributed by atoms with van der Waals surface area (Å²) in [6.45, 7) is 10.8. The van der Waals surface area contributed by atoms with E-state index in [0.29, 0.717) is 5.92 Å². The molecule has 0 amide bonds. The first kappa shape index (κ1) is 11.0. The predicted octanol–water partition coefficient (Wildman–Crippen LogP) is 2.83. The number of hydrogen-bond acceptors (Lipinski definition) is 1. The third kappa shape index (κ3) is 7.86. The fourth-order valence-corrected chi connectivity index (χ4v) is 1.33. The van der Waals surface area contributed by atoms with Crippen LogP contribution in [-0.2, 0) is 0 Å². The number of rotatable bonds is 3. The second-order valence-corrected chi connectivity index (χ2v) is 5.05. The first-order valence-corrected chi connectivity index (χ1v) is 4.49. The van der Waals surface area contributed by atoms with Crippen LogP contribution >= 0.6 is 0 Å². The van der Waals surface area contributed by atoms with Gasteiger partial charge >= 0.3 is 0 Å². The van der Waals surface area contributed by atoms with Gasteiger partial charge < -0.3 is 5.11 Å². The maximum atomic E-state index is 9.56. The zero-order chi connectivity index (χ0) is 9.07. The molecule has 0 saturated carbocycles. The third-order valence-corrected chi connectivity index (χ3v) is 1.59. The quantitative estimate of drug-likeness (QED) is 0.669. The molecule has 0 aliphatic rings. The Morgan fingerprint density at radius 1 is 1.18 bits per heavy atom. The van der Waals surface area contributed by atoms with Crippen LogP contribution in [0.15, 0.2) is 0 Å². The Morgan fingerprint density at radius 3 is 1.91 bits per heavy atom. The average molecular weight is 158 g/mol. The fourth-order valence-electron chi connectivity index (χ4n) is 1.33. The minimum atomic E-state index is -0.116. The predicted molar refractivity (Wildman–Crippen MR) is 49.5 cm³/mol. The summed E-state index contributed by atoms with van der Waals surface area (Å²) >= 11 is 0. The molecule has 0 saturated heterocycles. The Bertz CT molecular complexity index is 99.9. The van der Waals surface area contributed by atoms with E-state index >= 15 is 0 Å². The number of hydrogen-bond donors (Lipinski definition) is 1. The standard InChI is InChI=1S/C10H22O/c1-8(2)6-9(11)7-10(3,4)5/h8-9,11H,6-7H2,1-5H3. The van der Waals surface area contributed by atoms with Gasteiger partial charge in [-0.1, -0.05) is 34.6 Å². The highest BCUT2D eigenvalue weighted by Gasteiger charge is 2.16. The number of aliphatic hydroxyl groups is 1. The Morgan fingerprint density at radius 2 is 1.64 bits per heavy atom. The topological polar surface area (TPSA) is 20.2 Å². The van der Waals surface area contributed by atoms with Gasteiger partial charge in [-0.3, -0.25) is 0 Å². The summed E-state index contributed by atoms with van der Waals surface area (Å²) in [6, 6.07) is 0. The second kappa shape index (κ2) is 4.10. The van der Waals surface area contributed by atoms with Gasteiger partial charge in [-0.2, -0.15) is 0 Å². The highest BCUT2D eigenvalue weighted by Crippen LogP contribution is 2.23. The summed E-state index contributed by atoms with van der Waals surface area (Å²) in [6.07, 6.45) is 1.72. The van der Waals surface area contributed by atoms with E-state index in [1.807, 2.05) is 0 Å². The second-order valence-electron chi connectivity index (χ2n) is 5.05. The zero-order valence-corrected chi connectivity index (χ0v) is 8.52. The van der Waals surface area contributed by atoms with E-state index < -0.39 is 0 Å². The summed E-state index contributed by atoms with van der Waals surface area (Å²) in [4.78, 5) is 0. The molecule has 1 nitrogen and oxygen atoms in total. The van der Waals surface area contributed by atoms with Crippen molar-refractivity contribution in [3.05, 3.63) is 0 Å². The molecule has 0 aromatic rings. The monoisotopic (exact) mass is 158 g/mol. The molecule has 1 heteroatoms. The summed E-state index contributed by atoms with van der Waals surface area (Å²) in [7, 11) is 0. The molecule has 0 heterocycles. The minimum Gasteiger partial charge on any atom is -0.393 e. The van der Waals surface area contributed by atoms with Crippen LogP contribution in [-0.4, -0.2) is 11.2 Å². The first-order chi connectivity index (χ1) is 4.81. The average Bonchev–Trinajstić information content (AvgIpc) is 1.53. The molecule has 0 radical (unpaired) electrons. The van der Waals surface area contributed by atoms with Crippen LogP contribution in [0.1, 0.15) is 47.5 Å². The van der Waals surface area contributed by atoms with E-state index in [1.54, 1.807) is 0 Å². The lowest BCUT2D eigenvalue weighted by atomic mass is 9.87. The van der Waals surface area contributed by atoms with Crippen molar-refractivity contribution in [2.45, 2.75) is 53.6 Å². The lowest BCUT2D eigenvalue weighted by molar-refractivity contribution is 0.101. The van der Waals surface area contributed by atoms with Crippen molar-refractivity contribution in [3.8, 4) is 0 Å². The van der Waals surface area contributed by atoms with Crippen molar-refractivity contribution in [1.29, 1.82) is 0 Å². The van der Waals surface area contributed by atoms with Crippen molar-refractivity contribution >= 4 is 0 Å². The highest BCUT2D eigenvalue weighted by molar-refractivity contribution is 4.68. The van der Waals surface area contributed by atoms with Gasteiger partial charge in [0.25, 0.3) is 0 Å². The summed E-state index contributed by atoms with van der Waals surface area (Å²) < 4.78 is 0. The van der Waals surface area contributed by atoms with Crippen LogP contribution in [0.25, 0.3) is 0 Å². The van der Waals surface area contributed by atoms with E-state index in [0.717, 1.165) is 12.8 Å². The maximum Gasteiger partial charge on any atom is 0.0547 e. The Hall–Kier alpha value is -0.0400. The minimum absolute atomic E-state index is 0.116. The molecule has 0 fully saturated rings. The lowest BCUT2D eigenvalue weighted by Crippen LogP contribution is -2.19. The van der Waals surface area contributed by atoms with E-state index in [2.05, 4.69) is 34.6 Å². The normalized spacial score (nSPS) is 15.5. The third-order valence-electron chi connectivity index (χ3n) is 1.59. The summed E-state index contributed by atoms with van der Waals surface area (Å²) in [5.41, 5.74) is 0.258. The maximum absolute atomic E-state index is 9.56. The van der Waals surface area contributed by atoms with Gasteiger partial charge in [-0.15, -0.1) is 0 Å². The molecular formula is C10H22O. The Labute approximate surface area is 70.8 Å². The highest BCUT2D eigenvalue weighted by atomic mass is 16.3. The SMILES string of the molecule is CC(C)CC(O)CC(C)(C)C. The van der Waals surface area contributed by atoms with Crippen LogP contribution in [0, 0.1) is 11.3 Å². The largest absolute Gasteiger partial charge is 0.393 e. The van der Waals surface area contributed by atoms with Crippen molar-refractivity contribution in [2.75, 3.05) is 0 Å². The van der Waals surface area contributed by atoms with Crippen LogP contribution in [0.4, 0.5) is 0 Å². The Balaban J connectivity index is 3.61. The van der Waals surface area contributed by atoms with Crippen molar-refractivity contribution in [3.63, 3.8) is 0 Å². The van der Waals surface area contributed by atoms with E-state index in [9.17, 15) is 5.11 Å². The molecule has 68 valence electrons. The van der Waals surface area contributed by atoms with Gasteiger partial charge in [-0.25, -0.2) is 0 Å². The zero-order valence-electron chi connectivity index (χ0n) is 8.52. The first-order valence-electron chi connectivity index (χ1n) is 4.49. The van der Waals surface area contributed by atoms with E-state index in [-0.39, 0.29) is 11.5 Å². The van der Waals surface area contributed by atoms with Gasteiger partial charge in [-0.05, 0) is 24.2 Å². The van der Waals surface area contributed by atoms with Gasteiger partial charge in [0.1, 0.15) is 0 Å². The lowest BCUT2D eigenvalue weighted by Gasteiger charge is -2.23. The number of aliphatic hydroxyl groups excluding tert-OH is 1. The van der Waals surface area contributed by atoms with Crippen LogP contribution < -0.4 is 0 Å². The van der Waals surface area contributed by atoms with E-state index in [1.165, 1.54) is 0 Å². The van der Waals surface area contributed by atoms with Gasteiger partial charge in [0.15, 0.2) is 0 Å². The molecule has 0 aromatic carbocycles. The molecule has 0 aromatic heterocycles. The molecule has 0 rings (SSSR count). The summed E-state index contributed by atoms with van der Waals surface area (Å²) in [5, 5.41) is 9.56. The molecule has 0 aliphatic heterocycles. The van der Waals surface area contributed by atoms with Crippen LogP contribution in [0.3, 0.4) is 0 Å². The smallest absolute Gasteiger partial charge is 0.0547 e. The molecule has 11 heavy (non-hydrogen) atoms. The fraction of sp³-hybridized carbons (Fsp3) is 1.00. The van der Waals surface area contributed by atoms with Crippen molar-refractivity contribution < 1.29 is 5.11 Å². The van der Waals surface area contributed by atoms with Crippen LogP contribution in [0.5, 0.6) is 0 Å². The molecule has 1 N–H and O–H groups in total. The van der Waals surface area contributed by atoms with Gasteiger partial charge in [0, 0.05) is 0 Å².